The van der Waals surface area contributed by atoms with E-state index in [9.17, 15) is 4.79 Å². The average molecular weight is 282 g/mol. The van der Waals surface area contributed by atoms with Crippen LogP contribution in [0.1, 0.15) is 6.92 Å². The predicted molar refractivity (Wildman–Crippen MR) is 78.0 cm³/mol. The quantitative estimate of drug-likeness (QED) is 0.499. The molecule has 0 unspecified atom stereocenters. The lowest BCUT2D eigenvalue weighted by Crippen LogP contribution is -2.07. The molecule has 6 nitrogen and oxygen atoms in total. The molecule has 0 amide bonds. The molecule has 1 heterocycles. The van der Waals surface area contributed by atoms with Crippen LogP contribution in [-0.2, 0) is 9.53 Å². The van der Waals surface area contributed by atoms with E-state index in [1.807, 2.05) is 30.3 Å². The molecule has 6 heteroatoms. The van der Waals surface area contributed by atoms with Crippen LogP contribution in [0, 0.1) is 11.3 Å². The highest BCUT2D eigenvalue weighted by atomic mass is 16.5. The molecular weight excluding hydrogens is 268 g/mol. The van der Waals surface area contributed by atoms with Crippen molar-refractivity contribution in [2.24, 2.45) is 0 Å². The molecule has 0 radical (unpaired) electrons. The number of nitrogens with zero attached hydrogens (tertiary/aromatic N) is 2. The number of carbonyl (C=O) groups excluding carboxylic acids is 1. The Balaban J connectivity index is 2.09. The predicted octanol–water partition coefficient (Wildman–Crippen LogP) is 2.46. The van der Waals surface area contributed by atoms with E-state index in [0.29, 0.717) is 5.82 Å². The Bertz CT molecular complexity index is 683. The number of benzene rings is 1. The van der Waals surface area contributed by atoms with Gasteiger partial charge in [0.1, 0.15) is 6.07 Å². The minimum atomic E-state index is -0.661. The van der Waals surface area contributed by atoms with Crippen molar-refractivity contribution >= 4 is 11.8 Å². The van der Waals surface area contributed by atoms with Crippen molar-refractivity contribution in [1.29, 1.82) is 5.26 Å². The maximum atomic E-state index is 11.4. The number of esters is 1. The molecule has 106 valence electrons. The summed E-state index contributed by atoms with van der Waals surface area (Å²) < 4.78 is 4.76. The van der Waals surface area contributed by atoms with Crippen LogP contribution in [0.3, 0.4) is 0 Å². The summed E-state index contributed by atoms with van der Waals surface area (Å²) in [6, 6.07) is 13.3. The molecule has 1 aromatic carbocycles. The molecule has 0 saturated heterocycles. The molecule has 2 aromatic rings. The summed E-state index contributed by atoms with van der Waals surface area (Å²) in [5.41, 5.74) is 1.72. The second-order valence-corrected chi connectivity index (χ2v) is 4.07. The van der Waals surface area contributed by atoms with E-state index in [1.165, 1.54) is 6.20 Å². The highest BCUT2D eigenvalue weighted by Gasteiger charge is 2.09. The van der Waals surface area contributed by atoms with Crippen molar-refractivity contribution in [3.8, 4) is 17.3 Å². The number of ether oxygens (including phenoxy) is 1. The van der Waals surface area contributed by atoms with Crippen molar-refractivity contribution in [1.82, 2.24) is 10.2 Å². The van der Waals surface area contributed by atoms with Gasteiger partial charge in [-0.1, -0.05) is 30.3 Å². The molecule has 0 aliphatic rings. The summed E-state index contributed by atoms with van der Waals surface area (Å²) in [7, 11) is 0. The number of nitriles is 1. The third-order valence-corrected chi connectivity index (χ3v) is 2.64. The SMILES string of the molecule is CCOC(=O)C(C#N)=CNc1cc(-c2ccccc2)[nH]n1. The lowest BCUT2D eigenvalue weighted by atomic mass is 10.2. The number of aromatic nitrogens is 2. The number of nitrogens with one attached hydrogen (secondary N) is 2. The Kier molecular flexibility index (Phi) is 4.72. The van der Waals surface area contributed by atoms with Gasteiger partial charge in [-0.25, -0.2) is 4.79 Å². The number of aromatic amines is 1. The van der Waals surface area contributed by atoms with Crippen LogP contribution in [0.4, 0.5) is 5.82 Å². The first-order valence-corrected chi connectivity index (χ1v) is 6.39. The summed E-state index contributed by atoms with van der Waals surface area (Å²) in [6.07, 6.45) is 1.28. The fourth-order valence-electron chi connectivity index (χ4n) is 1.65. The smallest absolute Gasteiger partial charge is 0.350 e. The summed E-state index contributed by atoms with van der Waals surface area (Å²) in [4.78, 5) is 11.4. The van der Waals surface area contributed by atoms with E-state index in [0.717, 1.165) is 11.3 Å². The van der Waals surface area contributed by atoms with Gasteiger partial charge in [0.05, 0.1) is 12.3 Å². The molecule has 0 saturated carbocycles. The zero-order valence-electron chi connectivity index (χ0n) is 11.5. The largest absolute Gasteiger partial charge is 0.462 e. The maximum Gasteiger partial charge on any atom is 0.350 e. The molecular formula is C15H14N4O2. The molecule has 0 aliphatic heterocycles. The number of H-pyrrole nitrogens is 1. The van der Waals surface area contributed by atoms with Gasteiger partial charge in [0.2, 0.25) is 0 Å². The highest BCUT2D eigenvalue weighted by molar-refractivity contribution is 5.93. The van der Waals surface area contributed by atoms with Gasteiger partial charge in [-0.3, -0.25) is 5.10 Å². The van der Waals surface area contributed by atoms with Gasteiger partial charge in [0.25, 0.3) is 0 Å². The second kappa shape index (κ2) is 6.91. The summed E-state index contributed by atoms with van der Waals surface area (Å²) >= 11 is 0. The lowest BCUT2D eigenvalue weighted by molar-refractivity contribution is -0.138. The van der Waals surface area contributed by atoms with Crippen molar-refractivity contribution in [3.05, 3.63) is 48.2 Å². The van der Waals surface area contributed by atoms with Crippen LogP contribution < -0.4 is 5.32 Å². The first kappa shape index (κ1) is 14.3. The monoisotopic (exact) mass is 282 g/mol. The second-order valence-electron chi connectivity index (χ2n) is 4.07. The number of anilines is 1. The Morgan fingerprint density at radius 3 is 2.90 bits per heavy atom. The van der Waals surface area contributed by atoms with Crippen LogP contribution in [0.25, 0.3) is 11.3 Å². The minimum Gasteiger partial charge on any atom is -0.462 e. The number of hydrogen-bond acceptors (Lipinski definition) is 5. The van der Waals surface area contributed by atoms with Crippen LogP contribution >= 0.6 is 0 Å². The Hall–Kier alpha value is -3.07. The van der Waals surface area contributed by atoms with Gasteiger partial charge < -0.3 is 10.1 Å². The molecule has 0 bridgehead atoms. The number of hydrogen-bond donors (Lipinski definition) is 2. The van der Waals surface area contributed by atoms with Gasteiger partial charge in [0.15, 0.2) is 11.4 Å². The fourth-order valence-corrected chi connectivity index (χ4v) is 1.65. The van der Waals surface area contributed by atoms with Crippen LogP contribution in [0.2, 0.25) is 0 Å². The van der Waals surface area contributed by atoms with E-state index in [1.54, 1.807) is 19.1 Å². The molecule has 2 rings (SSSR count). The van der Waals surface area contributed by atoms with Gasteiger partial charge >= 0.3 is 5.97 Å². The zero-order valence-corrected chi connectivity index (χ0v) is 11.5. The van der Waals surface area contributed by atoms with Gasteiger partial charge in [-0.15, -0.1) is 0 Å². The molecule has 0 aliphatic carbocycles. The molecule has 21 heavy (non-hydrogen) atoms. The Labute approximate surface area is 122 Å². The standard InChI is InChI=1S/C15H14N4O2/c1-2-21-15(20)12(9-16)10-17-14-8-13(18-19-14)11-6-4-3-5-7-11/h3-8,10H,2H2,1H3,(H2,17,18,19). The van der Waals surface area contributed by atoms with E-state index >= 15 is 0 Å². The van der Waals surface area contributed by atoms with Gasteiger partial charge in [0, 0.05) is 12.3 Å². The first-order valence-electron chi connectivity index (χ1n) is 6.39. The zero-order chi connectivity index (χ0) is 15.1. The van der Waals surface area contributed by atoms with Gasteiger partial charge in [-0.05, 0) is 12.5 Å². The van der Waals surface area contributed by atoms with Gasteiger partial charge in [-0.2, -0.15) is 10.4 Å². The molecule has 0 spiro atoms. The lowest BCUT2D eigenvalue weighted by Gasteiger charge is -1.99. The van der Waals surface area contributed by atoms with Crippen molar-refractivity contribution in [2.45, 2.75) is 6.92 Å². The topological polar surface area (TPSA) is 90.8 Å². The third kappa shape index (κ3) is 3.70. The van der Waals surface area contributed by atoms with Crippen LogP contribution in [-0.4, -0.2) is 22.8 Å². The number of carbonyl (C=O) groups is 1. The van der Waals surface area contributed by atoms with Crippen molar-refractivity contribution in [2.75, 3.05) is 11.9 Å². The molecule has 0 atom stereocenters. The summed E-state index contributed by atoms with van der Waals surface area (Å²) in [6.45, 7) is 1.90. The van der Waals surface area contributed by atoms with Crippen molar-refractivity contribution < 1.29 is 9.53 Å². The van der Waals surface area contributed by atoms with E-state index in [2.05, 4.69) is 15.5 Å². The Morgan fingerprint density at radius 1 is 1.48 bits per heavy atom. The first-order chi connectivity index (χ1) is 10.2. The van der Waals surface area contributed by atoms with E-state index < -0.39 is 5.97 Å². The summed E-state index contributed by atoms with van der Waals surface area (Å²) in [5.74, 6) is -0.155. The Morgan fingerprint density at radius 2 is 2.24 bits per heavy atom. The maximum absolute atomic E-state index is 11.4. The van der Waals surface area contributed by atoms with Crippen molar-refractivity contribution in [3.63, 3.8) is 0 Å². The third-order valence-electron chi connectivity index (χ3n) is 2.64. The fraction of sp³-hybridized carbons (Fsp3) is 0.133. The number of rotatable bonds is 5. The average Bonchev–Trinajstić information content (AvgIpc) is 2.98. The van der Waals surface area contributed by atoms with E-state index in [4.69, 9.17) is 10.00 Å². The summed E-state index contributed by atoms with van der Waals surface area (Å²) in [5, 5.41) is 18.6. The molecule has 1 aromatic heterocycles. The minimum absolute atomic E-state index is 0.110. The molecule has 0 fully saturated rings. The molecule has 2 N–H and O–H groups in total. The highest BCUT2D eigenvalue weighted by Crippen LogP contribution is 2.19. The van der Waals surface area contributed by atoms with Crippen LogP contribution in [0.15, 0.2) is 48.2 Å². The van der Waals surface area contributed by atoms with Crippen LogP contribution in [0.5, 0.6) is 0 Å². The van der Waals surface area contributed by atoms with E-state index in [-0.39, 0.29) is 12.2 Å². The normalized spacial score (nSPS) is 10.8.